The van der Waals surface area contributed by atoms with Gasteiger partial charge in [0.1, 0.15) is 30.0 Å². The van der Waals surface area contributed by atoms with Crippen molar-refractivity contribution in [3.05, 3.63) is 130 Å². The second-order valence-electron chi connectivity index (χ2n) is 32.6. The van der Waals surface area contributed by atoms with Gasteiger partial charge in [0.05, 0.1) is 48.9 Å². The molecule has 8 aliphatic rings. The van der Waals surface area contributed by atoms with Gasteiger partial charge in [-0.2, -0.15) is 0 Å². The van der Waals surface area contributed by atoms with E-state index >= 15 is 9.59 Å². The van der Waals surface area contributed by atoms with Crippen LogP contribution in [-0.2, 0) is 61.9 Å². The van der Waals surface area contributed by atoms with Crippen molar-refractivity contribution >= 4 is 47.4 Å². The summed E-state index contributed by atoms with van der Waals surface area (Å²) >= 11 is 0. The van der Waals surface area contributed by atoms with Crippen LogP contribution in [0.4, 0.5) is 0 Å². The number of aliphatic hydroxyl groups is 2. The minimum absolute atomic E-state index is 0.0354. The number of ketones is 1. The highest BCUT2D eigenvalue weighted by atomic mass is 16.6. The molecule has 1 heterocycles. The predicted octanol–water partition coefficient (Wildman–Crippen LogP) is 11.5. The van der Waals surface area contributed by atoms with E-state index in [0.717, 1.165) is 62.7 Å². The first-order valence-corrected chi connectivity index (χ1v) is 37.5. The Morgan fingerprint density at radius 1 is 0.765 bits per heavy atom. The van der Waals surface area contributed by atoms with Gasteiger partial charge in [0.15, 0.2) is 17.5 Å². The fraction of sp³-hybridized carbons (Fsp3) is 0.634. The molecule has 5 saturated carbocycles. The van der Waals surface area contributed by atoms with Gasteiger partial charge in [-0.05, 0) is 159 Å². The van der Waals surface area contributed by atoms with Gasteiger partial charge in [0.25, 0.3) is 5.91 Å². The first kappa shape index (κ1) is 76.0. The molecule has 1 saturated heterocycles. The van der Waals surface area contributed by atoms with Gasteiger partial charge in [-0.1, -0.05) is 146 Å². The van der Waals surface area contributed by atoms with Crippen LogP contribution in [0.1, 0.15) is 211 Å². The SMILES string of the molecule is CC(=O)O[C@H]1C(=O)[C@@]2(C)[C@H]([C@H](OC(=O)c3ccccc3)[C@]3(O)C[C@H](OC(=O)[C@H](OC(=O)CCC(=O)NCCNCOC4CC[C@@]5(C)C(=CC[C@H]6[C@@H]7CC[C@@H](C[C@H](C)CCCC(C)C)[C@@]7(C)CC[C@@H]65)C4)[C@@H](NC(=O)c4ccccc4)c4ccccc4)C(C)=C1C3(C)C)[C@]1(OC(C)=O)CO[C@@H]1C[C@@H]2O. The average molecular weight is 1410 g/mol. The van der Waals surface area contributed by atoms with Gasteiger partial charge < -0.3 is 54.0 Å². The molecule has 19 atom stereocenters. The number of aliphatic hydroxyl groups excluding tert-OH is 1. The van der Waals surface area contributed by atoms with E-state index in [0.29, 0.717) is 30.2 Å². The Morgan fingerprint density at radius 3 is 2.11 bits per heavy atom. The monoisotopic (exact) mass is 1410 g/mol. The van der Waals surface area contributed by atoms with Crippen LogP contribution in [0.25, 0.3) is 0 Å². The van der Waals surface area contributed by atoms with Crippen molar-refractivity contribution in [3.63, 3.8) is 0 Å². The highest BCUT2D eigenvalue weighted by molar-refractivity contribution is 5.96. The molecule has 0 aromatic heterocycles. The normalized spacial score (nSPS) is 33.6. The number of rotatable bonds is 26. The van der Waals surface area contributed by atoms with E-state index in [1.807, 2.05) is 0 Å². The van der Waals surface area contributed by atoms with Crippen molar-refractivity contribution in [2.45, 2.75) is 239 Å². The van der Waals surface area contributed by atoms with E-state index < -0.39 is 131 Å². The summed E-state index contributed by atoms with van der Waals surface area (Å²) < 4.78 is 43.8. The fourth-order valence-electron chi connectivity index (χ4n) is 20.1. The maximum atomic E-state index is 16.0. The number of amides is 2. The molecule has 11 rings (SSSR count). The van der Waals surface area contributed by atoms with Gasteiger partial charge in [-0.15, -0.1) is 0 Å². The molecule has 2 amide bonds. The summed E-state index contributed by atoms with van der Waals surface area (Å²) in [4.78, 5) is 115. The number of esters is 5. The fourth-order valence-corrected chi connectivity index (χ4v) is 20.1. The summed E-state index contributed by atoms with van der Waals surface area (Å²) in [7, 11) is 0. The molecule has 7 aliphatic carbocycles. The van der Waals surface area contributed by atoms with Crippen LogP contribution in [0.2, 0.25) is 0 Å². The first-order valence-electron chi connectivity index (χ1n) is 37.5. The zero-order valence-corrected chi connectivity index (χ0v) is 61.6. The number of ether oxygens (including phenoxy) is 7. The molecule has 1 aliphatic heterocycles. The summed E-state index contributed by atoms with van der Waals surface area (Å²) in [5.41, 5.74) is -5.45. The number of nitrogens with one attached hydrogen (secondary N) is 3. The Balaban J connectivity index is 0.782. The van der Waals surface area contributed by atoms with Gasteiger partial charge >= 0.3 is 29.8 Å². The third-order valence-electron chi connectivity index (χ3n) is 25.7. The highest BCUT2D eigenvalue weighted by Crippen LogP contribution is 2.68. The van der Waals surface area contributed by atoms with E-state index in [-0.39, 0.29) is 59.8 Å². The van der Waals surface area contributed by atoms with Crippen LogP contribution in [0.5, 0.6) is 0 Å². The average Bonchev–Trinajstić information content (AvgIpc) is 0.754. The standard InChI is InChI=1S/C82H109N3O17/c1-48(2)22-21-23-49(3)42-56-31-33-60-59-32-30-57-43-58(36-38-78(57,9)61(59)37-39-79(56,60)10)97-47-83-40-41-84-65(89)34-35-66(90)100-70(68(53-24-15-12-16-25-53)85-74(92)54-26-17-13-18-27-54)76(94)99-62-45-82(95)73(101-75(93)55-28-19-14-20-29-55)71-80(11,63(88)44-64-81(71,46-96-64)102-52(6)87)72(91)69(98-51(5)86)67(50(62)4)77(82,7)8/h12-20,24-30,48-49,56,58-64,68-71,73,83,88,95H,21-23,31-47H2,1-11H3,(H,84,89)(H,85,92)/t49-,56+,58?,59+,60+,61+,62+,63+,64-,68+,69-,70-,71+,73+,78+,79-,80-,81+,82-/m1/s1. The van der Waals surface area contributed by atoms with Gasteiger partial charge in [-0.3, -0.25) is 34.1 Å². The minimum atomic E-state index is -2.51. The lowest BCUT2D eigenvalue weighted by Crippen LogP contribution is -2.82. The molecule has 6 fully saturated rings. The van der Waals surface area contributed by atoms with E-state index in [4.69, 9.17) is 33.2 Å². The van der Waals surface area contributed by atoms with Crippen molar-refractivity contribution < 1.29 is 81.7 Å². The van der Waals surface area contributed by atoms with Crippen LogP contribution in [0.15, 0.2) is 114 Å². The van der Waals surface area contributed by atoms with Crippen LogP contribution in [-0.4, -0.2) is 138 Å². The molecule has 20 nitrogen and oxygen atoms in total. The lowest BCUT2D eigenvalue weighted by molar-refractivity contribution is -0.346. The van der Waals surface area contributed by atoms with E-state index in [1.54, 1.807) is 98.3 Å². The molecule has 20 heteroatoms. The molecule has 102 heavy (non-hydrogen) atoms. The van der Waals surface area contributed by atoms with Crippen LogP contribution < -0.4 is 16.0 Å². The Kier molecular flexibility index (Phi) is 23.0. The number of hydrogen-bond donors (Lipinski definition) is 5. The maximum absolute atomic E-state index is 16.0. The van der Waals surface area contributed by atoms with E-state index in [9.17, 15) is 39.0 Å². The lowest BCUT2D eigenvalue weighted by atomic mass is 9.44. The minimum Gasteiger partial charge on any atom is -0.455 e. The topological polar surface area (TPSA) is 278 Å². The summed E-state index contributed by atoms with van der Waals surface area (Å²) in [5.74, 6) is -3.97. The van der Waals surface area contributed by atoms with Gasteiger partial charge in [0, 0.05) is 57.2 Å². The molecule has 3 aromatic carbocycles. The third kappa shape index (κ3) is 14.8. The largest absolute Gasteiger partial charge is 0.455 e. The quantitative estimate of drug-likeness (QED) is 0.0164. The van der Waals surface area contributed by atoms with Crippen molar-refractivity contribution in [3.8, 4) is 0 Å². The summed E-state index contributed by atoms with van der Waals surface area (Å²) in [5, 5.41) is 35.6. The van der Waals surface area contributed by atoms with Crippen LogP contribution in [0.3, 0.4) is 0 Å². The molecule has 0 radical (unpaired) electrons. The molecule has 1 unspecified atom stereocenters. The van der Waals surface area contributed by atoms with E-state index in [1.165, 1.54) is 83.8 Å². The third-order valence-corrected chi connectivity index (χ3v) is 25.7. The molecule has 5 N–H and O–H groups in total. The molecule has 3 aromatic rings. The Labute approximate surface area is 601 Å². The van der Waals surface area contributed by atoms with Gasteiger partial charge in [0.2, 0.25) is 12.0 Å². The number of carbonyl (C=O) groups excluding carboxylic acids is 8. The molecule has 2 bridgehead atoms. The Morgan fingerprint density at radius 2 is 1.45 bits per heavy atom. The molecule has 0 spiro atoms. The second-order valence-corrected chi connectivity index (χ2v) is 32.6. The van der Waals surface area contributed by atoms with Gasteiger partial charge in [-0.25, -0.2) is 9.59 Å². The number of carbonyl (C=O) groups is 8. The van der Waals surface area contributed by atoms with Crippen molar-refractivity contribution in [1.82, 2.24) is 16.0 Å². The lowest BCUT2D eigenvalue weighted by Gasteiger charge is -2.67. The highest BCUT2D eigenvalue weighted by Gasteiger charge is 2.78. The van der Waals surface area contributed by atoms with Crippen molar-refractivity contribution in [2.75, 3.05) is 26.4 Å². The molecular weight excluding hydrogens is 1300 g/mol. The molecular formula is C82H109N3O17. The predicted molar refractivity (Wildman–Crippen MR) is 379 cm³/mol. The number of hydrogen-bond acceptors (Lipinski definition) is 18. The van der Waals surface area contributed by atoms with Crippen LogP contribution in [0, 0.1) is 63.1 Å². The zero-order chi connectivity index (χ0) is 73.3. The van der Waals surface area contributed by atoms with E-state index in [2.05, 4.69) is 56.6 Å². The number of allylic oxidation sites excluding steroid dienone is 1. The van der Waals surface area contributed by atoms with Crippen molar-refractivity contribution in [1.29, 1.82) is 0 Å². The second kappa shape index (κ2) is 30.9. The summed E-state index contributed by atoms with van der Waals surface area (Å²) in [6, 6.07) is 22.7. The molecule has 554 valence electrons. The van der Waals surface area contributed by atoms with Crippen molar-refractivity contribution in [2.24, 2.45) is 63.1 Å². The summed E-state index contributed by atoms with van der Waals surface area (Å²) in [6.07, 6.45) is 5.78. The maximum Gasteiger partial charge on any atom is 0.350 e. The smallest absolute Gasteiger partial charge is 0.350 e. The Bertz CT molecular complexity index is 3640. The number of benzene rings is 3. The summed E-state index contributed by atoms with van der Waals surface area (Å²) in [6.45, 7) is 21.2. The Hall–Kier alpha value is -7.10. The number of Topliss-reactive ketones (excluding diaryl/α,β-unsaturated/α-hetero) is 1. The van der Waals surface area contributed by atoms with Crippen LogP contribution >= 0.6 is 0 Å². The first-order chi connectivity index (χ1) is 48.5. The zero-order valence-electron chi connectivity index (χ0n) is 61.6. The number of fused-ring (bicyclic) bond motifs is 10.